The number of halogens is 1. The Labute approximate surface area is 164 Å². The standard InChI is InChI=1S/C18H16ClN3O4S/c1-3-20-18-21(4-2)17(23)16(27-18)10-12-6-8-15(26-12)13-7-5-11(22(24)25)9-14(13)19/h5-10H,3-4H2,1-2H3/b16-10+,20-18?. The second-order valence-corrected chi connectivity index (χ2v) is 6.96. The molecular weight excluding hydrogens is 390 g/mol. The lowest BCUT2D eigenvalue weighted by atomic mass is 10.1. The molecule has 0 saturated carbocycles. The summed E-state index contributed by atoms with van der Waals surface area (Å²) in [6, 6.07) is 7.61. The highest BCUT2D eigenvalue weighted by Gasteiger charge is 2.32. The highest BCUT2D eigenvalue weighted by atomic mass is 35.5. The molecule has 1 saturated heterocycles. The zero-order valence-electron chi connectivity index (χ0n) is 14.6. The number of amidine groups is 1. The fourth-order valence-electron chi connectivity index (χ4n) is 2.56. The van der Waals surface area contributed by atoms with Crippen molar-refractivity contribution in [3.05, 3.63) is 56.1 Å². The fraction of sp³-hybridized carbons (Fsp3) is 0.222. The summed E-state index contributed by atoms with van der Waals surface area (Å²) in [7, 11) is 0. The molecule has 0 N–H and O–H groups in total. The lowest BCUT2D eigenvalue weighted by Crippen LogP contribution is -2.28. The third-order valence-corrected chi connectivity index (χ3v) is 5.18. The van der Waals surface area contributed by atoms with Crippen LogP contribution < -0.4 is 0 Å². The molecule has 0 unspecified atom stereocenters. The van der Waals surface area contributed by atoms with Crippen molar-refractivity contribution in [2.75, 3.05) is 13.1 Å². The molecule has 2 aromatic rings. The van der Waals surface area contributed by atoms with Gasteiger partial charge in [-0.05, 0) is 43.8 Å². The summed E-state index contributed by atoms with van der Waals surface area (Å²) in [4.78, 5) is 29.3. The number of non-ortho nitro benzene ring substituents is 1. The van der Waals surface area contributed by atoms with Crippen molar-refractivity contribution in [1.29, 1.82) is 0 Å². The number of carbonyl (C=O) groups excluding carboxylic acids is 1. The number of carbonyl (C=O) groups is 1. The fourth-order valence-corrected chi connectivity index (χ4v) is 3.91. The van der Waals surface area contributed by atoms with Gasteiger partial charge in [0.05, 0.1) is 14.9 Å². The third-order valence-electron chi connectivity index (χ3n) is 3.83. The van der Waals surface area contributed by atoms with Gasteiger partial charge in [0.1, 0.15) is 11.5 Å². The van der Waals surface area contributed by atoms with E-state index in [1.54, 1.807) is 23.1 Å². The number of aliphatic imine (C=N–C) groups is 1. The summed E-state index contributed by atoms with van der Waals surface area (Å²) in [5.41, 5.74) is 0.453. The van der Waals surface area contributed by atoms with Gasteiger partial charge < -0.3 is 4.42 Å². The zero-order chi connectivity index (χ0) is 19.6. The molecule has 0 atom stereocenters. The number of hydrogen-bond donors (Lipinski definition) is 0. The quantitative estimate of drug-likeness (QED) is 0.404. The van der Waals surface area contributed by atoms with Gasteiger partial charge in [-0.25, -0.2) is 0 Å². The molecule has 7 nitrogen and oxygen atoms in total. The van der Waals surface area contributed by atoms with E-state index in [0.717, 1.165) is 0 Å². The Balaban J connectivity index is 1.89. The van der Waals surface area contributed by atoms with Gasteiger partial charge in [-0.3, -0.25) is 24.8 Å². The van der Waals surface area contributed by atoms with Crippen molar-refractivity contribution in [3.8, 4) is 11.3 Å². The van der Waals surface area contributed by atoms with E-state index in [4.69, 9.17) is 16.0 Å². The molecule has 2 heterocycles. The van der Waals surface area contributed by atoms with E-state index in [9.17, 15) is 14.9 Å². The van der Waals surface area contributed by atoms with Gasteiger partial charge in [-0.2, -0.15) is 0 Å². The number of nitro groups is 1. The Hall–Kier alpha value is -2.58. The minimum absolute atomic E-state index is 0.0898. The van der Waals surface area contributed by atoms with Crippen molar-refractivity contribution in [2.45, 2.75) is 13.8 Å². The minimum atomic E-state index is -0.508. The summed E-state index contributed by atoms with van der Waals surface area (Å²) >= 11 is 7.45. The second-order valence-electron chi connectivity index (χ2n) is 5.54. The van der Waals surface area contributed by atoms with Crippen LogP contribution in [0.25, 0.3) is 17.4 Å². The van der Waals surface area contributed by atoms with Gasteiger partial charge >= 0.3 is 0 Å². The van der Waals surface area contributed by atoms with E-state index < -0.39 is 4.92 Å². The van der Waals surface area contributed by atoms with Crippen molar-refractivity contribution in [3.63, 3.8) is 0 Å². The molecule has 0 radical (unpaired) electrons. The van der Waals surface area contributed by atoms with Crippen molar-refractivity contribution < 1.29 is 14.1 Å². The van der Waals surface area contributed by atoms with Crippen LogP contribution in [0.4, 0.5) is 5.69 Å². The molecule has 1 aromatic heterocycles. The van der Waals surface area contributed by atoms with E-state index in [1.807, 2.05) is 13.8 Å². The Bertz CT molecular complexity index is 967. The maximum atomic E-state index is 12.5. The molecule has 140 valence electrons. The minimum Gasteiger partial charge on any atom is -0.457 e. The SMILES string of the molecule is CCN=C1S/C(=C/c2ccc(-c3ccc([N+](=O)[O-])cc3Cl)o2)C(=O)N1CC. The lowest BCUT2D eigenvalue weighted by molar-refractivity contribution is -0.384. The predicted molar refractivity (Wildman–Crippen MR) is 107 cm³/mol. The predicted octanol–water partition coefficient (Wildman–Crippen LogP) is 4.82. The average Bonchev–Trinajstić information content (AvgIpc) is 3.20. The largest absolute Gasteiger partial charge is 0.457 e. The summed E-state index contributed by atoms with van der Waals surface area (Å²) in [5.74, 6) is 0.845. The number of furan rings is 1. The first-order valence-corrected chi connectivity index (χ1v) is 9.44. The van der Waals surface area contributed by atoms with Crippen LogP contribution in [0.2, 0.25) is 5.02 Å². The summed E-state index contributed by atoms with van der Waals surface area (Å²) in [6.07, 6.45) is 1.66. The molecule has 0 spiro atoms. The summed E-state index contributed by atoms with van der Waals surface area (Å²) < 4.78 is 5.77. The van der Waals surface area contributed by atoms with Crippen LogP contribution in [0.15, 0.2) is 44.6 Å². The molecule has 3 rings (SSSR count). The van der Waals surface area contributed by atoms with Crippen LogP contribution in [0.1, 0.15) is 19.6 Å². The van der Waals surface area contributed by atoms with Crippen molar-refractivity contribution in [1.82, 2.24) is 4.90 Å². The molecule has 1 fully saturated rings. The van der Waals surface area contributed by atoms with Crippen LogP contribution in [0.5, 0.6) is 0 Å². The van der Waals surface area contributed by atoms with Gasteiger partial charge in [0.2, 0.25) is 0 Å². The zero-order valence-corrected chi connectivity index (χ0v) is 16.2. The molecule has 1 aromatic carbocycles. The number of likely N-dealkylation sites (N-methyl/N-ethyl adjacent to an activating group) is 1. The van der Waals surface area contributed by atoms with E-state index >= 15 is 0 Å². The molecule has 1 amide bonds. The number of nitro benzene ring substituents is 1. The van der Waals surface area contributed by atoms with Gasteiger partial charge in [0, 0.05) is 36.9 Å². The van der Waals surface area contributed by atoms with Gasteiger partial charge in [0.25, 0.3) is 11.6 Å². The number of rotatable bonds is 5. The summed E-state index contributed by atoms with van der Waals surface area (Å²) in [5, 5.41) is 11.7. The molecule has 1 aliphatic rings. The van der Waals surface area contributed by atoms with Gasteiger partial charge in [-0.1, -0.05) is 11.6 Å². The highest BCUT2D eigenvalue weighted by Crippen LogP contribution is 2.35. The smallest absolute Gasteiger partial charge is 0.270 e. The number of hydrogen-bond acceptors (Lipinski definition) is 6. The van der Waals surface area contributed by atoms with Crippen LogP contribution in [0, 0.1) is 10.1 Å². The number of nitrogens with zero attached hydrogens (tertiary/aromatic N) is 3. The van der Waals surface area contributed by atoms with Crippen LogP contribution in [0.3, 0.4) is 0 Å². The molecule has 0 bridgehead atoms. The molecule has 27 heavy (non-hydrogen) atoms. The van der Waals surface area contributed by atoms with Crippen molar-refractivity contribution >= 4 is 46.2 Å². The molecule has 1 aliphatic heterocycles. The average molecular weight is 406 g/mol. The first-order valence-electron chi connectivity index (χ1n) is 8.24. The number of thioether (sulfide) groups is 1. The topological polar surface area (TPSA) is 89.0 Å². The van der Waals surface area contributed by atoms with E-state index in [0.29, 0.717) is 40.2 Å². The Morgan fingerprint density at radius 3 is 2.74 bits per heavy atom. The van der Waals surface area contributed by atoms with Gasteiger partial charge in [0.15, 0.2) is 5.17 Å². The van der Waals surface area contributed by atoms with Crippen LogP contribution >= 0.6 is 23.4 Å². The van der Waals surface area contributed by atoms with Crippen molar-refractivity contribution in [2.24, 2.45) is 4.99 Å². The van der Waals surface area contributed by atoms with Gasteiger partial charge in [-0.15, -0.1) is 0 Å². The Morgan fingerprint density at radius 1 is 1.33 bits per heavy atom. The van der Waals surface area contributed by atoms with E-state index in [-0.39, 0.29) is 16.6 Å². The maximum Gasteiger partial charge on any atom is 0.270 e. The second kappa shape index (κ2) is 7.98. The molecule has 9 heteroatoms. The Morgan fingerprint density at radius 2 is 2.11 bits per heavy atom. The van der Waals surface area contributed by atoms with Crippen LogP contribution in [-0.4, -0.2) is 34.0 Å². The number of amides is 1. The maximum absolute atomic E-state index is 12.5. The number of benzene rings is 1. The normalized spacial score (nSPS) is 17.3. The first-order chi connectivity index (χ1) is 12.9. The molecule has 0 aliphatic carbocycles. The van der Waals surface area contributed by atoms with Crippen LogP contribution in [-0.2, 0) is 4.79 Å². The molecular formula is C18H16ClN3O4S. The summed E-state index contributed by atoms with van der Waals surface area (Å²) in [6.45, 7) is 4.96. The Kier molecular flexibility index (Phi) is 5.67. The highest BCUT2D eigenvalue weighted by molar-refractivity contribution is 8.18. The van der Waals surface area contributed by atoms with E-state index in [2.05, 4.69) is 4.99 Å². The van der Waals surface area contributed by atoms with E-state index in [1.165, 1.54) is 30.0 Å². The first kappa shape index (κ1) is 19.2. The third kappa shape index (κ3) is 3.91. The monoisotopic (exact) mass is 405 g/mol. The lowest BCUT2D eigenvalue weighted by Gasteiger charge is -2.11.